The first-order chi connectivity index (χ1) is 12.2. The summed E-state index contributed by atoms with van der Waals surface area (Å²) >= 11 is 0. The first-order valence-electron chi connectivity index (χ1n) is 9.36. The van der Waals surface area contributed by atoms with Crippen molar-refractivity contribution in [2.75, 3.05) is 23.3 Å². The number of benzene rings is 1. The third kappa shape index (κ3) is 3.48. The SMILES string of the molecule is CC(C)=CC1C(C(=O)Nc2cc(C(N)=O)ccc2N2CCCC2)C1(C)C. The minimum atomic E-state index is -0.484. The van der Waals surface area contributed by atoms with E-state index in [1.165, 1.54) is 5.57 Å². The fraction of sp³-hybridized carbons (Fsp3) is 0.524. The molecule has 1 aromatic carbocycles. The molecule has 2 amide bonds. The van der Waals surface area contributed by atoms with E-state index in [1.54, 1.807) is 12.1 Å². The lowest BCUT2D eigenvalue weighted by molar-refractivity contribution is -0.118. The number of amides is 2. The van der Waals surface area contributed by atoms with Gasteiger partial charge in [0, 0.05) is 18.7 Å². The minimum absolute atomic E-state index is 0.0135. The normalized spacial score (nSPS) is 23.5. The zero-order valence-electron chi connectivity index (χ0n) is 16.1. The second kappa shape index (κ2) is 6.78. The molecule has 0 bridgehead atoms. The van der Waals surface area contributed by atoms with Gasteiger partial charge in [-0.3, -0.25) is 9.59 Å². The van der Waals surface area contributed by atoms with E-state index in [0.29, 0.717) is 11.3 Å². The molecule has 26 heavy (non-hydrogen) atoms. The summed E-state index contributed by atoms with van der Waals surface area (Å²) in [4.78, 5) is 26.8. The molecule has 1 heterocycles. The van der Waals surface area contributed by atoms with Crippen molar-refractivity contribution in [2.45, 2.75) is 40.5 Å². The number of hydrogen-bond donors (Lipinski definition) is 2. The van der Waals surface area contributed by atoms with E-state index in [0.717, 1.165) is 31.6 Å². The topological polar surface area (TPSA) is 75.4 Å². The zero-order chi connectivity index (χ0) is 19.1. The number of carbonyl (C=O) groups excluding carboxylic acids is 2. The standard InChI is InChI=1S/C21H29N3O2/c1-13(2)11-15-18(21(15,3)4)20(26)23-16-12-14(19(22)25)7-8-17(16)24-9-5-6-10-24/h7-8,11-12,15,18H,5-6,9-10H2,1-4H3,(H2,22,25)(H,23,26). The maximum Gasteiger partial charge on any atom is 0.248 e. The van der Waals surface area contributed by atoms with Crippen molar-refractivity contribution in [1.82, 2.24) is 0 Å². The summed E-state index contributed by atoms with van der Waals surface area (Å²) in [5.41, 5.74) is 8.69. The Balaban J connectivity index is 1.86. The fourth-order valence-electron chi connectivity index (χ4n) is 4.08. The van der Waals surface area contributed by atoms with E-state index in [1.807, 2.05) is 6.07 Å². The van der Waals surface area contributed by atoms with Gasteiger partial charge in [0.15, 0.2) is 0 Å². The van der Waals surface area contributed by atoms with E-state index >= 15 is 0 Å². The van der Waals surface area contributed by atoms with Crippen LogP contribution < -0.4 is 16.0 Å². The Bertz CT molecular complexity index is 757. The van der Waals surface area contributed by atoms with Gasteiger partial charge < -0.3 is 16.0 Å². The van der Waals surface area contributed by atoms with Crippen LogP contribution in [0.25, 0.3) is 0 Å². The molecule has 1 aliphatic carbocycles. The summed E-state index contributed by atoms with van der Waals surface area (Å²) < 4.78 is 0. The van der Waals surface area contributed by atoms with E-state index in [4.69, 9.17) is 5.73 Å². The average Bonchev–Trinajstić information content (AvgIpc) is 2.92. The summed E-state index contributed by atoms with van der Waals surface area (Å²) in [7, 11) is 0. The van der Waals surface area contributed by atoms with Crippen molar-refractivity contribution in [3.63, 3.8) is 0 Å². The Hall–Kier alpha value is -2.30. The van der Waals surface area contributed by atoms with Crippen molar-refractivity contribution >= 4 is 23.2 Å². The molecule has 1 aromatic rings. The van der Waals surface area contributed by atoms with Crippen LogP contribution in [0.15, 0.2) is 29.8 Å². The lowest BCUT2D eigenvalue weighted by Gasteiger charge is -2.22. The van der Waals surface area contributed by atoms with Gasteiger partial charge >= 0.3 is 0 Å². The van der Waals surface area contributed by atoms with Crippen LogP contribution in [-0.4, -0.2) is 24.9 Å². The highest BCUT2D eigenvalue weighted by atomic mass is 16.2. The van der Waals surface area contributed by atoms with Crippen LogP contribution in [0.2, 0.25) is 0 Å². The van der Waals surface area contributed by atoms with E-state index < -0.39 is 5.91 Å². The number of rotatable bonds is 5. The first kappa shape index (κ1) is 18.5. The molecular formula is C21H29N3O2. The van der Waals surface area contributed by atoms with Gasteiger partial charge in [-0.1, -0.05) is 25.5 Å². The first-order valence-corrected chi connectivity index (χ1v) is 9.36. The molecule has 3 N–H and O–H groups in total. The second-order valence-corrected chi connectivity index (χ2v) is 8.35. The lowest BCUT2D eigenvalue weighted by atomic mass is 10.1. The molecule has 1 saturated heterocycles. The van der Waals surface area contributed by atoms with Crippen molar-refractivity contribution in [3.8, 4) is 0 Å². The Morgan fingerprint density at radius 3 is 2.46 bits per heavy atom. The number of nitrogens with one attached hydrogen (secondary N) is 1. The quantitative estimate of drug-likeness (QED) is 0.793. The van der Waals surface area contributed by atoms with Crippen molar-refractivity contribution < 1.29 is 9.59 Å². The number of carbonyl (C=O) groups is 2. The van der Waals surface area contributed by atoms with Gasteiger partial charge in [0.1, 0.15) is 0 Å². The van der Waals surface area contributed by atoms with E-state index in [9.17, 15) is 9.59 Å². The molecular weight excluding hydrogens is 326 g/mol. The zero-order valence-corrected chi connectivity index (χ0v) is 16.1. The second-order valence-electron chi connectivity index (χ2n) is 8.35. The average molecular weight is 355 g/mol. The minimum Gasteiger partial charge on any atom is -0.370 e. The van der Waals surface area contributed by atoms with Crippen molar-refractivity contribution in [2.24, 2.45) is 23.0 Å². The van der Waals surface area contributed by atoms with Crippen LogP contribution in [0.4, 0.5) is 11.4 Å². The third-order valence-corrected chi connectivity index (χ3v) is 5.69. The van der Waals surface area contributed by atoms with Gasteiger partial charge in [0.25, 0.3) is 0 Å². The Morgan fingerprint density at radius 2 is 1.88 bits per heavy atom. The Kier molecular flexibility index (Phi) is 4.82. The number of nitrogens with zero attached hydrogens (tertiary/aromatic N) is 1. The fourth-order valence-corrected chi connectivity index (χ4v) is 4.08. The summed E-state index contributed by atoms with van der Waals surface area (Å²) in [5.74, 6) is -0.273. The molecule has 0 aromatic heterocycles. The number of nitrogens with two attached hydrogens (primary N) is 1. The molecule has 0 spiro atoms. The Morgan fingerprint density at radius 1 is 1.23 bits per heavy atom. The molecule has 1 saturated carbocycles. The van der Waals surface area contributed by atoms with Crippen LogP contribution in [-0.2, 0) is 4.79 Å². The maximum absolute atomic E-state index is 13.0. The van der Waals surface area contributed by atoms with E-state index in [-0.39, 0.29) is 23.2 Å². The predicted molar refractivity (Wildman–Crippen MR) is 105 cm³/mol. The molecule has 5 nitrogen and oxygen atoms in total. The largest absolute Gasteiger partial charge is 0.370 e. The van der Waals surface area contributed by atoms with Gasteiger partial charge in [0.05, 0.1) is 17.3 Å². The molecule has 2 unspecified atom stereocenters. The van der Waals surface area contributed by atoms with Crippen molar-refractivity contribution in [3.05, 3.63) is 35.4 Å². The Labute approximate surface area is 155 Å². The highest BCUT2D eigenvalue weighted by molar-refractivity contribution is 6.01. The predicted octanol–water partition coefficient (Wildman–Crippen LogP) is 3.56. The number of hydrogen-bond acceptors (Lipinski definition) is 3. The van der Waals surface area contributed by atoms with E-state index in [2.05, 4.69) is 44.0 Å². The molecule has 3 rings (SSSR count). The molecule has 5 heteroatoms. The smallest absolute Gasteiger partial charge is 0.248 e. The number of anilines is 2. The summed E-state index contributed by atoms with van der Waals surface area (Å²) in [6.07, 6.45) is 4.47. The highest BCUT2D eigenvalue weighted by Gasteiger charge is 2.60. The van der Waals surface area contributed by atoms with Crippen LogP contribution in [0.1, 0.15) is 50.9 Å². The lowest BCUT2D eigenvalue weighted by Crippen LogP contribution is -2.23. The molecule has 140 valence electrons. The summed E-state index contributed by atoms with van der Waals surface area (Å²) in [6, 6.07) is 5.34. The van der Waals surface area contributed by atoms with Gasteiger partial charge in [0.2, 0.25) is 11.8 Å². The van der Waals surface area contributed by atoms with Crippen molar-refractivity contribution in [1.29, 1.82) is 0 Å². The molecule has 1 aliphatic heterocycles. The molecule has 2 atom stereocenters. The summed E-state index contributed by atoms with van der Waals surface area (Å²) in [6.45, 7) is 10.3. The van der Waals surface area contributed by atoms with Crippen LogP contribution in [0.3, 0.4) is 0 Å². The maximum atomic E-state index is 13.0. The molecule has 0 radical (unpaired) electrons. The summed E-state index contributed by atoms with van der Waals surface area (Å²) in [5, 5.41) is 3.09. The van der Waals surface area contributed by atoms with Gasteiger partial charge in [-0.05, 0) is 56.2 Å². The number of allylic oxidation sites excluding steroid dienone is 2. The van der Waals surface area contributed by atoms with Gasteiger partial charge in [-0.15, -0.1) is 0 Å². The molecule has 2 aliphatic rings. The van der Waals surface area contributed by atoms with Gasteiger partial charge in [-0.2, -0.15) is 0 Å². The van der Waals surface area contributed by atoms with Crippen LogP contribution >= 0.6 is 0 Å². The highest BCUT2D eigenvalue weighted by Crippen LogP contribution is 2.59. The third-order valence-electron chi connectivity index (χ3n) is 5.69. The van der Waals surface area contributed by atoms with Crippen LogP contribution in [0.5, 0.6) is 0 Å². The van der Waals surface area contributed by atoms with Gasteiger partial charge in [-0.25, -0.2) is 0 Å². The number of primary amides is 1. The molecule has 2 fully saturated rings. The van der Waals surface area contributed by atoms with Crippen LogP contribution in [0, 0.1) is 17.3 Å². The monoisotopic (exact) mass is 355 g/mol.